The first-order valence-corrected chi connectivity index (χ1v) is 6.57. The molecule has 1 fully saturated rings. The Kier molecular flexibility index (Phi) is 4.22. The van der Waals surface area contributed by atoms with Crippen molar-refractivity contribution in [3.05, 3.63) is 23.8 Å². The molecule has 114 valence electrons. The third-order valence-electron chi connectivity index (χ3n) is 3.24. The van der Waals surface area contributed by atoms with E-state index in [1.165, 1.54) is 6.92 Å². The summed E-state index contributed by atoms with van der Waals surface area (Å²) in [5.74, 6) is -3.58. The second-order valence-electron chi connectivity index (χ2n) is 5.19. The fourth-order valence-corrected chi connectivity index (χ4v) is 2.16. The molecular weight excluding hydrogens is 280 g/mol. The van der Waals surface area contributed by atoms with Crippen LogP contribution in [0.1, 0.15) is 18.9 Å². The monoisotopic (exact) mass is 297 g/mol. The van der Waals surface area contributed by atoms with Crippen LogP contribution in [0.25, 0.3) is 0 Å². The predicted molar refractivity (Wildman–Crippen MR) is 75.5 cm³/mol. The third kappa shape index (κ3) is 3.98. The van der Waals surface area contributed by atoms with E-state index >= 15 is 0 Å². The lowest BCUT2D eigenvalue weighted by Crippen LogP contribution is -2.35. The van der Waals surface area contributed by atoms with Crippen LogP contribution in [0, 0.1) is 6.92 Å². The second-order valence-corrected chi connectivity index (χ2v) is 5.19. The summed E-state index contributed by atoms with van der Waals surface area (Å²) in [4.78, 5) is 23.0. The molecule has 1 aliphatic heterocycles. The van der Waals surface area contributed by atoms with Crippen LogP contribution in [0.15, 0.2) is 18.2 Å². The molecule has 2 amide bonds. The molecule has 2 rings (SSSR count). The number of alkyl halides is 2. The van der Waals surface area contributed by atoms with Crippen molar-refractivity contribution in [2.24, 2.45) is 0 Å². The molecule has 1 aliphatic rings. The van der Waals surface area contributed by atoms with Gasteiger partial charge < -0.3 is 10.6 Å². The average Bonchev–Trinajstić information content (AvgIpc) is 2.73. The Morgan fingerprint density at radius 3 is 2.62 bits per heavy atom. The number of rotatable bonds is 3. The number of anilines is 2. The summed E-state index contributed by atoms with van der Waals surface area (Å²) in [6.07, 6.45) is -0.511. The third-order valence-corrected chi connectivity index (χ3v) is 3.24. The van der Waals surface area contributed by atoms with E-state index in [0.29, 0.717) is 11.4 Å². The van der Waals surface area contributed by atoms with Crippen molar-refractivity contribution in [2.45, 2.75) is 32.2 Å². The van der Waals surface area contributed by atoms with Gasteiger partial charge in [0.05, 0.1) is 12.6 Å². The molecule has 5 nitrogen and oxygen atoms in total. The van der Waals surface area contributed by atoms with Gasteiger partial charge in [-0.05, 0) is 24.6 Å². The highest BCUT2D eigenvalue weighted by Crippen LogP contribution is 2.26. The van der Waals surface area contributed by atoms with Crippen LogP contribution in [0.4, 0.5) is 20.2 Å². The van der Waals surface area contributed by atoms with E-state index in [1.54, 1.807) is 25.1 Å². The van der Waals surface area contributed by atoms with Gasteiger partial charge in [0.15, 0.2) is 0 Å². The smallest absolute Gasteiger partial charge is 0.262 e. The van der Waals surface area contributed by atoms with Gasteiger partial charge in [-0.25, -0.2) is 8.78 Å². The Morgan fingerprint density at radius 2 is 2.05 bits per heavy atom. The first-order valence-electron chi connectivity index (χ1n) is 6.57. The Hall–Kier alpha value is -2.02. The number of carbonyl (C=O) groups is 2. The predicted octanol–water partition coefficient (Wildman–Crippen LogP) is 1.89. The summed E-state index contributed by atoms with van der Waals surface area (Å²) < 4.78 is 26.2. The largest absolute Gasteiger partial charge is 0.326 e. The van der Waals surface area contributed by atoms with Crippen LogP contribution >= 0.6 is 0 Å². The molecule has 0 saturated carbocycles. The Labute approximate surface area is 121 Å². The van der Waals surface area contributed by atoms with Gasteiger partial charge in [0.25, 0.3) is 5.92 Å². The summed E-state index contributed by atoms with van der Waals surface area (Å²) in [5.41, 5.74) is 1.80. The zero-order valence-corrected chi connectivity index (χ0v) is 11.8. The molecule has 0 spiro atoms. The highest BCUT2D eigenvalue weighted by atomic mass is 19.3. The van der Waals surface area contributed by atoms with Crippen molar-refractivity contribution in [2.75, 3.05) is 17.2 Å². The number of hydrogen-bond acceptors (Lipinski definition) is 3. The van der Waals surface area contributed by atoms with Crippen molar-refractivity contribution in [3.8, 4) is 0 Å². The van der Waals surface area contributed by atoms with Gasteiger partial charge in [-0.15, -0.1) is 0 Å². The first-order chi connectivity index (χ1) is 9.77. The van der Waals surface area contributed by atoms with Crippen LogP contribution < -0.4 is 16.0 Å². The Bertz CT molecular complexity index is 575. The van der Waals surface area contributed by atoms with Gasteiger partial charge in [0, 0.05) is 24.7 Å². The standard InChI is InChI=1S/C14H17F2N3O2/c1-8-3-4-10(18-9(2)20)5-11(8)19-13(21)12-6-14(15,16)7-17-12/h3-5,12,17H,6-7H2,1-2H3,(H,18,20)(H,19,21). The minimum absolute atomic E-state index is 0.228. The number of amides is 2. The molecule has 3 N–H and O–H groups in total. The van der Waals surface area contributed by atoms with E-state index in [0.717, 1.165) is 5.56 Å². The van der Waals surface area contributed by atoms with Gasteiger partial charge in [-0.1, -0.05) is 6.07 Å². The van der Waals surface area contributed by atoms with E-state index in [2.05, 4.69) is 16.0 Å². The van der Waals surface area contributed by atoms with Gasteiger partial charge in [0.1, 0.15) is 0 Å². The maximum absolute atomic E-state index is 13.1. The number of carbonyl (C=O) groups excluding carboxylic acids is 2. The van der Waals surface area contributed by atoms with Crippen molar-refractivity contribution >= 4 is 23.2 Å². The zero-order chi connectivity index (χ0) is 15.6. The molecular formula is C14H17F2N3O2. The van der Waals surface area contributed by atoms with E-state index < -0.39 is 30.8 Å². The second kappa shape index (κ2) is 5.77. The molecule has 1 heterocycles. The average molecular weight is 297 g/mol. The summed E-state index contributed by atoms with van der Waals surface area (Å²) in [6, 6.07) is 4.12. The van der Waals surface area contributed by atoms with Crippen molar-refractivity contribution < 1.29 is 18.4 Å². The van der Waals surface area contributed by atoms with Gasteiger partial charge in [-0.2, -0.15) is 0 Å². The van der Waals surface area contributed by atoms with Crippen LogP contribution in [0.5, 0.6) is 0 Å². The molecule has 1 aromatic rings. The van der Waals surface area contributed by atoms with Gasteiger partial charge in [0.2, 0.25) is 11.8 Å². The normalized spacial score (nSPS) is 20.1. The van der Waals surface area contributed by atoms with E-state index in [9.17, 15) is 18.4 Å². The number of benzene rings is 1. The minimum atomic E-state index is -2.85. The number of hydrogen-bond donors (Lipinski definition) is 3. The zero-order valence-electron chi connectivity index (χ0n) is 11.8. The highest BCUT2D eigenvalue weighted by Gasteiger charge is 2.42. The fourth-order valence-electron chi connectivity index (χ4n) is 2.16. The number of aryl methyl sites for hydroxylation is 1. The summed E-state index contributed by atoms with van der Waals surface area (Å²) >= 11 is 0. The SMILES string of the molecule is CC(=O)Nc1ccc(C)c(NC(=O)C2CC(F)(F)CN2)c1. The molecule has 1 saturated heterocycles. The lowest BCUT2D eigenvalue weighted by molar-refractivity contribution is -0.118. The summed E-state index contributed by atoms with van der Waals surface area (Å²) in [5, 5.41) is 7.72. The highest BCUT2D eigenvalue weighted by molar-refractivity contribution is 5.97. The lowest BCUT2D eigenvalue weighted by Gasteiger charge is -2.14. The Morgan fingerprint density at radius 1 is 1.33 bits per heavy atom. The number of halogens is 2. The maximum Gasteiger partial charge on any atom is 0.262 e. The Balaban J connectivity index is 2.08. The van der Waals surface area contributed by atoms with Crippen molar-refractivity contribution in [3.63, 3.8) is 0 Å². The molecule has 0 aromatic heterocycles. The van der Waals surface area contributed by atoms with E-state index in [1.807, 2.05) is 0 Å². The lowest BCUT2D eigenvalue weighted by atomic mass is 10.1. The van der Waals surface area contributed by atoms with E-state index in [4.69, 9.17) is 0 Å². The van der Waals surface area contributed by atoms with Crippen molar-refractivity contribution in [1.82, 2.24) is 5.32 Å². The first kappa shape index (κ1) is 15.4. The number of nitrogens with one attached hydrogen (secondary N) is 3. The summed E-state index contributed by atoms with van der Waals surface area (Å²) in [7, 11) is 0. The maximum atomic E-state index is 13.1. The van der Waals surface area contributed by atoms with Gasteiger partial charge in [-0.3, -0.25) is 14.9 Å². The fraction of sp³-hybridized carbons (Fsp3) is 0.429. The molecule has 1 aromatic carbocycles. The van der Waals surface area contributed by atoms with Crippen LogP contribution in [-0.4, -0.2) is 30.3 Å². The molecule has 21 heavy (non-hydrogen) atoms. The summed E-state index contributed by atoms with van der Waals surface area (Å²) in [6.45, 7) is 2.67. The molecule has 1 atom stereocenters. The molecule has 0 radical (unpaired) electrons. The molecule has 0 aliphatic carbocycles. The van der Waals surface area contributed by atoms with Crippen molar-refractivity contribution in [1.29, 1.82) is 0 Å². The molecule has 1 unspecified atom stereocenters. The molecule has 7 heteroatoms. The quantitative estimate of drug-likeness (QED) is 0.798. The topological polar surface area (TPSA) is 70.2 Å². The van der Waals surface area contributed by atoms with Crippen LogP contribution in [0.3, 0.4) is 0 Å². The van der Waals surface area contributed by atoms with Crippen LogP contribution in [0.2, 0.25) is 0 Å². The van der Waals surface area contributed by atoms with Gasteiger partial charge >= 0.3 is 0 Å². The van der Waals surface area contributed by atoms with E-state index in [-0.39, 0.29) is 5.91 Å². The minimum Gasteiger partial charge on any atom is -0.326 e. The molecule has 0 bridgehead atoms. The van der Waals surface area contributed by atoms with Crippen LogP contribution in [-0.2, 0) is 9.59 Å².